The average molecular weight is 351 g/mol. The van der Waals surface area contributed by atoms with Crippen molar-refractivity contribution in [3.8, 4) is 11.5 Å². The Morgan fingerprint density at radius 2 is 1.74 bits per heavy atom. The summed E-state index contributed by atoms with van der Waals surface area (Å²) in [5.41, 5.74) is 5.12. The average Bonchev–Trinajstić information content (AvgIpc) is 3.39. The quantitative estimate of drug-likeness (QED) is 0.520. The zero-order chi connectivity index (χ0) is 18.1. The molecule has 5 heteroatoms. The Balaban J connectivity index is 1.62. The highest BCUT2D eigenvalue weighted by molar-refractivity contribution is 5.79. The SMILES string of the molecule is c1ccc(C(c2ccc3[nH]c(-c4ccccn4)nc3c2)n2ccnc2)cc1. The Kier molecular flexibility index (Phi) is 3.76. The van der Waals surface area contributed by atoms with E-state index in [0.29, 0.717) is 0 Å². The highest BCUT2D eigenvalue weighted by atomic mass is 15.1. The molecule has 5 nitrogen and oxygen atoms in total. The number of aromatic amines is 1. The van der Waals surface area contributed by atoms with Crippen LogP contribution in [0, 0.1) is 0 Å². The third-order valence-corrected chi connectivity index (χ3v) is 4.67. The lowest BCUT2D eigenvalue weighted by Crippen LogP contribution is -2.10. The number of fused-ring (bicyclic) bond motifs is 1. The van der Waals surface area contributed by atoms with Crippen molar-refractivity contribution in [1.82, 2.24) is 24.5 Å². The van der Waals surface area contributed by atoms with Crippen molar-refractivity contribution in [2.24, 2.45) is 0 Å². The lowest BCUT2D eigenvalue weighted by atomic mass is 9.98. The predicted octanol–water partition coefficient (Wildman–Crippen LogP) is 4.46. The van der Waals surface area contributed by atoms with Gasteiger partial charge in [-0.2, -0.15) is 0 Å². The highest BCUT2D eigenvalue weighted by Gasteiger charge is 2.17. The standard InChI is InChI=1S/C22H17N5/c1-2-6-16(7-3-1)21(27-13-12-23-15-27)17-9-10-18-20(14-17)26-22(25-18)19-8-4-5-11-24-19/h1-15,21H,(H,25,26). The molecule has 2 aromatic carbocycles. The first-order valence-electron chi connectivity index (χ1n) is 8.82. The fraction of sp³-hybridized carbons (Fsp3) is 0.0455. The van der Waals surface area contributed by atoms with Gasteiger partial charge in [0.05, 0.1) is 23.4 Å². The Bertz CT molecular complexity index is 1160. The lowest BCUT2D eigenvalue weighted by Gasteiger charge is -2.19. The minimum Gasteiger partial charge on any atom is -0.337 e. The minimum atomic E-state index is 0.0492. The summed E-state index contributed by atoms with van der Waals surface area (Å²) in [6, 6.07) is 22.7. The van der Waals surface area contributed by atoms with Gasteiger partial charge in [0, 0.05) is 18.6 Å². The number of rotatable bonds is 4. The molecule has 0 bridgehead atoms. The fourth-order valence-electron chi connectivity index (χ4n) is 3.41. The van der Waals surface area contributed by atoms with Gasteiger partial charge in [0.2, 0.25) is 0 Å². The predicted molar refractivity (Wildman–Crippen MR) is 105 cm³/mol. The summed E-state index contributed by atoms with van der Waals surface area (Å²) in [7, 11) is 0. The molecule has 0 fully saturated rings. The molecule has 0 aliphatic heterocycles. The van der Waals surface area contributed by atoms with Gasteiger partial charge in [0.15, 0.2) is 5.82 Å². The molecule has 3 aromatic heterocycles. The molecule has 5 aromatic rings. The normalized spacial score (nSPS) is 12.3. The van der Waals surface area contributed by atoms with E-state index in [1.165, 1.54) is 5.56 Å². The van der Waals surface area contributed by atoms with E-state index in [0.717, 1.165) is 28.1 Å². The van der Waals surface area contributed by atoms with Crippen LogP contribution in [-0.2, 0) is 0 Å². The number of H-pyrrole nitrogens is 1. The fourth-order valence-corrected chi connectivity index (χ4v) is 3.41. The molecule has 0 aliphatic carbocycles. The smallest absolute Gasteiger partial charge is 0.157 e. The minimum absolute atomic E-state index is 0.0492. The van der Waals surface area contributed by atoms with Gasteiger partial charge in [-0.15, -0.1) is 0 Å². The van der Waals surface area contributed by atoms with Crippen LogP contribution in [0.1, 0.15) is 17.2 Å². The van der Waals surface area contributed by atoms with E-state index in [2.05, 4.69) is 62.0 Å². The second-order valence-corrected chi connectivity index (χ2v) is 6.40. The van der Waals surface area contributed by atoms with E-state index in [4.69, 9.17) is 4.98 Å². The highest BCUT2D eigenvalue weighted by Crippen LogP contribution is 2.29. The maximum Gasteiger partial charge on any atom is 0.157 e. The summed E-state index contributed by atoms with van der Waals surface area (Å²) < 4.78 is 2.11. The largest absolute Gasteiger partial charge is 0.337 e. The number of aromatic nitrogens is 5. The van der Waals surface area contributed by atoms with Gasteiger partial charge in [0.1, 0.15) is 5.69 Å². The van der Waals surface area contributed by atoms with Gasteiger partial charge in [0.25, 0.3) is 0 Å². The second-order valence-electron chi connectivity index (χ2n) is 6.40. The Morgan fingerprint density at radius 1 is 0.852 bits per heavy atom. The van der Waals surface area contributed by atoms with Gasteiger partial charge in [-0.1, -0.05) is 42.5 Å². The molecule has 5 rings (SSSR count). The molecular weight excluding hydrogens is 334 g/mol. The van der Waals surface area contributed by atoms with Crippen LogP contribution < -0.4 is 0 Å². The van der Waals surface area contributed by atoms with Crippen LogP contribution >= 0.6 is 0 Å². The Morgan fingerprint density at radius 3 is 2.52 bits per heavy atom. The monoisotopic (exact) mass is 351 g/mol. The van der Waals surface area contributed by atoms with E-state index in [9.17, 15) is 0 Å². The number of hydrogen-bond donors (Lipinski definition) is 1. The van der Waals surface area contributed by atoms with Crippen LogP contribution in [0.4, 0.5) is 0 Å². The summed E-state index contributed by atoms with van der Waals surface area (Å²) >= 11 is 0. The number of benzene rings is 2. The van der Waals surface area contributed by atoms with Crippen LogP contribution in [0.2, 0.25) is 0 Å². The number of nitrogens with zero attached hydrogens (tertiary/aromatic N) is 4. The molecule has 0 saturated heterocycles. The molecule has 0 aliphatic rings. The molecule has 0 radical (unpaired) electrons. The topological polar surface area (TPSA) is 59.4 Å². The van der Waals surface area contributed by atoms with Gasteiger partial charge < -0.3 is 9.55 Å². The number of imidazole rings is 2. The van der Waals surface area contributed by atoms with Crippen molar-refractivity contribution in [3.05, 3.63) is 103 Å². The van der Waals surface area contributed by atoms with Crippen molar-refractivity contribution in [2.75, 3.05) is 0 Å². The van der Waals surface area contributed by atoms with Gasteiger partial charge in [-0.3, -0.25) is 4.98 Å². The zero-order valence-corrected chi connectivity index (χ0v) is 14.5. The van der Waals surface area contributed by atoms with Crippen molar-refractivity contribution < 1.29 is 0 Å². The number of nitrogens with one attached hydrogen (secondary N) is 1. The molecule has 0 saturated carbocycles. The van der Waals surface area contributed by atoms with Crippen molar-refractivity contribution in [2.45, 2.75) is 6.04 Å². The molecule has 27 heavy (non-hydrogen) atoms. The summed E-state index contributed by atoms with van der Waals surface area (Å²) in [6.07, 6.45) is 7.43. The molecule has 1 atom stereocenters. The van der Waals surface area contributed by atoms with E-state index in [1.807, 2.05) is 43.0 Å². The molecular formula is C22H17N5. The van der Waals surface area contributed by atoms with E-state index in [1.54, 1.807) is 6.20 Å². The number of pyridine rings is 1. The molecule has 1 N–H and O–H groups in total. The molecule has 130 valence electrons. The van der Waals surface area contributed by atoms with Crippen LogP contribution in [0.5, 0.6) is 0 Å². The summed E-state index contributed by atoms with van der Waals surface area (Å²) in [5, 5.41) is 0. The first-order valence-corrected chi connectivity index (χ1v) is 8.82. The van der Waals surface area contributed by atoms with E-state index in [-0.39, 0.29) is 6.04 Å². The molecule has 0 amide bonds. The maximum atomic E-state index is 4.76. The first kappa shape index (κ1) is 15.5. The Labute approximate surface area is 156 Å². The first-order chi connectivity index (χ1) is 13.4. The summed E-state index contributed by atoms with van der Waals surface area (Å²) in [6.45, 7) is 0. The van der Waals surface area contributed by atoms with Crippen molar-refractivity contribution in [1.29, 1.82) is 0 Å². The van der Waals surface area contributed by atoms with E-state index >= 15 is 0 Å². The summed E-state index contributed by atoms with van der Waals surface area (Å²) in [5.74, 6) is 0.779. The molecule has 1 unspecified atom stereocenters. The van der Waals surface area contributed by atoms with Gasteiger partial charge in [-0.25, -0.2) is 9.97 Å². The molecule has 3 heterocycles. The van der Waals surface area contributed by atoms with Crippen LogP contribution in [0.3, 0.4) is 0 Å². The zero-order valence-electron chi connectivity index (χ0n) is 14.5. The third-order valence-electron chi connectivity index (χ3n) is 4.67. The Hall–Kier alpha value is -3.73. The van der Waals surface area contributed by atoms with Crippen LogP contribution in [-0.4, -0.2) is 24.5 Å². The molecule has 0 spiro atoms. The maximum absolute atomic E-state index is 4.76. The van der Waals surface area contributed by atoms with Crippen molar-refractivity contribution in [3.63, 3.8) is 0 Å². The van der Waals surface area contributed by atoms with Gasteiger partial charge in [-0.05, 0) is 35.4 Å². The van der Waals surface area contributed by atoms with Crippen LogP contribution in [0.15, 0.2) is 91.6 Å². The van der Waals surface area contributed by atoms with Crippen LogP contribution in [0.25, 0.3) is 22.6 Å². The van der Waals surface area contributed by atoms with Crippen molar-refractivity contribution >= 4 is 11.0 Å². The third kappa shape index (κ3) is 2.89. The summed E-state index contributed by atoms with van der Waals surface area (Å²) in [4.78, 5) is 16.7. The number of hydrogen-bond acceptors (Lipinski definition) is 3. The lowest BCUT2D eigenvalue weighted by molar-refractivity contribution is 0.677. The second kappa shape index (κ2) is 6.53. The van der Waals surface area contributed by atoms with E-state index < -0.39 is 0 Å². The van der Waals surface area contributed by atoms with Gasteiger partial charge >= 0.3 is 0 Å².